The molecule has 1 heterocycles. The largest absolute Gasteiger partial charge is 0.331 e. The quantitative estimate of drug-likeness (QED) is 0.761. The van der Waals surface area contributed by atoms with E-state index in [0.29, 0.717) is 22.2 Å². The number of aryl methyl sites for hydroxylation is 1. The van der Waals surface area contributed by atoms with Crippen LogP contribution in [0, 0.1) is 6.92 Å². The number of hydrogen-bond acceptors (Lipinski definition) is 1. The van der Waals surface area contributed by atoms with Crippen LogP contribution in [0.3, 0.4) is 0 Å². The van der Waals surface area contributed by atoms with Crippen molar-refractivity contribution in [3.8, 4) is 0 Å². The Labute approximate surface area is 140 Å². The second-order valence-corrected chi connectivity index (χ2v) is 6.53. The molecule has 3 rings (SSSR count). The predicted molar refractivity (Wildman–Crippen MR) is 90.3 cm³/mol. The van der Waals surface area contributed by atoms with Crippen LogP contribution in [0.25, 0.3) is 0 Å². The maximum atomic E-state index is 12.7. The number of fused-ring (bicyclic) bond motifs is 1. The second kappa shape index (κ2) is 5.94. The SMILES string of the molecule is Cc1cccc2c1CN(C(=O)Cc1c(Cl)cccc1Cl)C2C. The zero-order chi connectivity index (χ0) is 15.9. The summed E-state index contributed by atoms with van der Waals surface area (Å²) in [5.41, 5.74) is 4.43. The first kappa shape index (κ1) is 15.4. The van der Waals surface area contributed by atoms with Crippen molar-refractivity contribution in [3.05, 3.63) is 68.7 Å². The lowest BCUT2D eigenvalue weighted by Crippen LogP contribution is -2.29. The van der Waals surface area contributed by atoms with Crippen LogP contribution in [0.1, 0.15) is 35.2 Å². The molecule has 0 radical (unpaired) electrons. The van der Waals surface area contributed by atoms with E-state index in [4.69, 9.17) is 23.2 Å². The maximum absolute atomic E-state index is 12.7. The van der Waals surface area contributed by atoms with Crippen LogP contribution in [0.15, 0.2) is 36.4 Å². The van der Waals surface area contributed by atoms with Gasteiger partial charge in [-0.25, -0.2) is 0 Å². The molecule has 2 nitrogen and oxygen atoms in total. The van der Waals surface area contributed by atoms with Gasteiger partial charge in [-0.1, -0.05) is 47.5 Å². The van der Waals surface area contributed by atoms with E-state index in [1.807, 2.05) is 11.0 Å². The van der Waals surface area contributed by atoms with Gasteiger partial charge in [0.15, 0.2) is 0 Å². The van der Waals surface area contributed by atoms with Gasteiger partial charge in [-0.3, -0.25) is 4.79 Å². The van der Waals surface area contributed by atoms with Gasteiger partial charge in [0.2, 0.25) is 5.91 Å². The molecule has 0 N–H and O–H groups in total. The lowest BCUT2D eigenvalue weighted by Gasteiger charge is -2.22. The van der Waals surface area contributed by atoms with Crippen molar-refractivity contribution in [1.82, 2.24) is 4.90 Å². The van der Waals surface area contributed by atoms with Crippen molar-refractivity contribution in [2.45, 2.75) is 32.9 Å². The van der Waals surface area contributed by atoms with Crippen LogP contribution in [0.4, 0.5) is 0 Å². The number of carbonyl (C=O) groups is 1. The van der Waals surface area contributed by atoms with Gasteiger partial charge in [0.05, 0.1) is 12.5 Å². The van der Waals surface area contributed by atoms with Crippen molar-refractivity contribution < 1.29 is 4.79 Å². The van der Waals surface area contributed by atoms with E-state index in [9.17, 15) is 4.79 Å². The molecular formula is C18H17Cl2NO. The molecule has 1 aliphatic heterocycles. The summed E-state index contributed by atoms with van der Waals surface area (Å²) >= 11 is 12.4. The number of halogens is 2. The predicted octanol–water partition coefficient (Wildman–Crippen LogP) is 4.95. The Hall–Kier alpha value is -1.51. The normalized spacial score (nSPS) is 16.7. The maximum Gasteiger partial charge on any atom is 0.227 e. The van der Waals surface area contributed by atoms with Gasteiger partial charge in [0.25, 0.3) is 0 Å². The van der Waals surface area contributed by atoms with Crippen LogP contribution < -0.4 is 0 Å². The third-order valence-electron chi connectivity index (χ3n) is 4.40. The van der Waals surface area contributed by atoms with Gasteiger partial charge in [-0.2, -0.15) is 0 Å². The van der Waals surface area contributed by atoms with Crippen molar-refractivity contribution in [3.63, 3.8) is 0 Å². The van der Waals surface area contributed by atoms with Crippen LogP contribution in [0.5, 0.6) is 0 Å². The fourth-order valence-electron chi connectivity index (χ4n) is 3.07. The van der Waals surface area contributed by atoms with Crippen LogP contribution in [0.2, 0.25) is 10.0 Å². The summed E-state index contributed by atoms with van der Waals surface area (Å²) in [5, 5.41) is 1.09. The smallest absolute Gasteiger partial charge is 0.227 e. The van der Waals surface area contributed by atoms with E-state index in [2.05, 4.69) is 26.0 Å². The molecule has 0 bridgehead atoms. The topological polar surface area (TPSA) is 20.3 Å². The molecule has 1 amide bonds. The first-order valence-electron chi connectivity index (χ1n) is 7.29. The van der Waals surface area contributed by atoms with Crippen LogP contribution in [-0.2, 0) is 17.8 Å². The Morgan fingerprint density at radius 3 is 2.45 bits per heavy atom. The number of amides is 1. The molecular weight excluding hydrogens is 317 g/mol. The molecule has 0 spiro atoms. The highest BCUT2D eigenvalue weighted by molar-refractivity contribution is 6.36. The average Bonchev–Trinajstić information content (AvgIpc) is 2.82. The molecule has 1 aliphatic rings. The second-order valence-electron chi connectivity index (χ2n) is 5.72. The molecule has 0 aromatic heterocycles. The number of carbonyl (C=O) groups excluding carboxylic acids is 1. The zero-order valence-corrected chi connectivity index (χ0v) is 14.1. The van der Waals surface area contributed by atoms with Crippen LogP contribution >= 0.6 is 23.2 Å². The van der Waals surface area contributed by atoms with Crippen LogP contribution in [-0.4, -0.2) is 10.8 Å². The first-order chi connectivity index (χ1) is 10.5. The highest BCUT2D eigenvalue weighted by atomic mass is 35.5. The molecule has 1 unspecified atom stereocenters. The van der Waals surface area contributed by atoms with E-state index in [0.717, 1.165) is 0 Å². The number of benzene rings is 2. The number of hydrogen-bond donors (Lipinski definition) is 0. The Kier molecular flexibility index (Phi) is 4.16. The van der Waals surface area contributed by atoms with Gasteiger partial charge < -0.3 is 4.90 Å². The molecule has 0 saturated heterocycles. The Morgan fingerprint density at radius 2 is 1.82 bits per heavy atom. The lowest BCUT2D eigenvalue weighted by atomic mass is 10.0. The third-order valence-corrected chi connectivity index (χ3v) is 5.11. The minimum absolute atomic E-state index is 0.0538. The fraction of sp³-hybridized carbons (Fsp3) is 0.278. The Bertz CT molecular complexity index is 722. The summed E-state index contributed by atoms with van der Waals surface area (Å²) in [4.78, 5) is 14.6. The molecule has 114 valence electrons. The van der Waals surface area contributed by atoms with Gasteiger partial charge in [0, 0.05) is 16.6 Å². The minimum atomic E-state index is 0.0538. The van der Waals surface area contributed by atoms with Crippen molar-refractivity contribution in [2.75, 3.05) is 0 Å². The first-order valence-corrected chi connectivity index (χ1v) is 8.05. The number of nitrogens with zero attached hydrogens (tertiary/aromatic N) is 1. The number of rotatable bonds is 2. The van der Waals surface area contributed by atoms with Gasteiger partial charge in [-0.05, 0) is 48.2 Å². The molecule has 2 aromatic carbocycles. The summed E-state index contributed by atoms with van der Waals surface area (Å²) in [6.45, 7) is 4.81. The fourth-order valence-corrected chi connectivity index (χ4v) is 3.60. The van der Waals surface area contributed by atoms with E-state index in [1.165, 1.54) is 16.7 Å². The summed E-state index contributed by atoms with van der Waals surface area (Å²) in [5.74, 6) is 0.0538. The Morgan fingerprint density at radius 1 is 1.18 bits per heavy atom. The van der Waals surface area contributed by atoms with E-state index >= 15 is 0 Å². The standard InChI is InChI=1S/C18H17Cl2NO/c1-11-5-3-6-13-12(2)21(10-15(11)13)18(22)9-14-16(19)7-4-8-17(14)20/h3-8,12H,9-10H2,1-2H3. The molecule has 0 saturated carbocycles. The lowest BCUT2D eigenvalue weighted by molar-refractivity contribution is -0.132. The van der Waals surface area contributed by atoms with Crippen molar-refractivity contribution in [2.24, 2.45) is 0 Å². The highest BCUT2D eigenvalue weighted by Crippen LogP contribution is 2.36. The Balaban J connectivity index is 1.85. The summed E-state index contributed by atoms with van der Waals surface area (Å²) < 4.78 is 0. The van der Waals surface area contributed by atoms with E-state index in [1.54, 1.807) is 18.2 Å². The monoisotopic (exact) mass is 333 g/mol. The van der Waals surface area contributed by atoms with Gasteiger partial charge in [-0.15, -0.1) is 0 Å². The van der Waals surface area contributed by atoms with E-state index < -0.39 is 0 Å². The van der Waals surface area contributed by atoms with Gasteiger partial charge in [0.1, 0.15) is 0 Å². The molecule has 0 fully saturated rings. The minimum Gasteiger partial charge on any atom is -0.331 e. The summed E-state index contributed by atoms with van der Waals surface area (Å²) in [6, 6.07) is 11.6. The van der Waals surface area contributed by atoms with Crippen molar-refractivity contribution >= 4 is 29.1 Å². The molecule has 4 heteroatoms. The molecule has 0 aliphatic carbocycles. The molecule has 1 atom stereocenters. The average molecular weight is 334 g/mol. The highest BCUT2D eigenvalue weighted by Gasteiger charge is 2.31. The van der Waals surface area contributed by atoms with Crippen molar-refractivity contribution in [1.29, 1.82) is 0 Å². The van der Waals surface area contributed by atoms with E-state index in [-0.39, 0.29) is 18.4 Å². The summed E-state index contributed by atoms with van der Waals surface area (Å²) in [6.07, 6.45) is 0.232. The van der Waals surface area contributed by atoms with Gasteiger partial charge >= 0.3 is 0 Å². The third kappa shape index (κ3) is 2.62. The zero-order valence-electron chi connectivity index (χ0n) is 12.6. The molecule has 22 heavy (non-hydrogen) atoms. The summed E-state index contributed by atoms with van der Waals surface area (Å²) in [7, 11) is 0. The molecule has 2 aromatic rings.